The molecule has 26 heavy (non-hydrogen) atoms. The molecule has 132 valence electrons. The van der Waals surface area contributed by atoms with Gasteiger partial charge in [0, 0.05) is 24.2 Å². The Morgan fingerprint density at radius 3 is 2.58 bits per heavy atom. The molecule has 3 rings (SSSR count). The van der Waals surface area contributed by atoms with Gasteiger partial charge in [-0.05, 0) is 36.4 Å². The molecular weight excluding hydrogens is 339 g/mol. The number of carbonyl (C=O) groups excluding carboxylic acids is 3. The molecule has 0 aliphatic carbocycles. The van der Waals surface area contributed by atoms with E-state index >= 15 is 0 Å². The maximum absolute atomic E-state index is 13.5. The first-order valence-electron chi connectivity index (χ1n) is 7.72. The van der Waals surface area contributed by atoms with Crippen molar-refractivity contribution in [3.63, 3.8) is 0 Å². The Balaban J connectivity index is 1.98. The van der Waals surface area contributed by atoms with Crippen LogP contribution < -0.4 is 5.32 Å². The zero-order valence-electron chi connectivity index (χ0n) is 14.1. The van der Waals surface area contributed by atoms with Crippen molar-refractivity contribution in [3.8, 4) is 0 Å². The van der Waals surface area contributed by atoms with E-state index in [0.717, 1.165) is 0 Å². The number of fused-ring (bicyclic) bond motifs is 1. The average molecular weight is 354 g/mol. The van der Waals surface area contributed by atoms with Gasteiger partial charge in [0.15, 0.2) is 0 Å². The second-order valence-electron chi connectivity index (χ2n) is 5.62. The molecule has 3 aromatic rings. The minimum absolute atomic E-state index is 0.221. The minimum atomic E-state index is -0.523. The zero-order chi connectivity index (χ0) is 18.8. The summed E-state index contributed by atoms with van der Waals surface area (Å²) in [4.78, 5) is 36.0. The second kappa shape index (κ2) is 6.79. The largest absolute Gasteiger partial charge is 0.465 e. The van der Waals surface area contributed by atoms with Crippen molar-refractivity contribution >= 4 is 34.4 Å². The van der Waals surface area contributed by atoms with Crippen LogP contribution in [0.5, 0.6) is 0 Å². The molecule has 1 heterocycles. The van der Waals surface area contributed by atoms with Crippen LogP contribution in [0, 0.1) is 5.82 Å². The first kappa shape index (κ1) is 17.3. The minimum Gasteiger partial charge on any atom is -0.465 e. The molecule has 1 aromatic heterocycles. The topological polar surface area (TPSA) is 77.4 Å². The summed E-state index contributed by atoms with van der Waals surface area (Å²) in [7, 11) is 1.27. The smallest absolute Gasteiger partial charge is 0.337 e. The molecule has 7 heteroatoms. The van der Waals surface area contributed by atoms with Crippen LogP contribution in [0.3, 0.4) is 0 Å². The summed E-state index contributed by atoms with van der Waals surface area (Å²) >= 11 is 0. The average Bonchev–Trinajstić information content (AvgIpc) is 3.00. The van der Waals surface area contributed by atoms with Gasteiger partial charge in [-0.3, -0.25) is 14.2 Å². The summed E-state index contributed by atoms with van der Waals surface area (Å²) in [6, 6.07) is 10.1. The van der Waals surface area contributed by atoms with Crippen molar-refractivity contribution in [2.24, 2.45) is 0 Å². The number of benzene rings is 2. The molecular formula is C19H15FN2O4. The second-order valence-corrected chi connectivity index (χ2v) is 5.62. The number of hydrogen-bond acceptors (Lipinski definition) is 4. The van der Waals surface area contributed by atoms with Crippen LogP contribution >= 0.6 is 0 Å². The number of nitrogens with one attached hydrogen (secondary N) is 1. The Morgan fingerprint density at radius 1 is 1.12 bits per heavy atom. The third kappa shape index (κ3) is 3.19. The lowest BCUT2D eigenvalue weighted by Gasteiger charge is -2.06. The molecule has 0 atom stereocenters. The lowest BCUT2D eigenvalue weighted by Crippen LogP contribution is -2.12. The molecule has 0 aliphatic rings. The van der Waals surface area contributed by atoms with Gasteiger partial charge in [0.1, 0.15) is 5.82 Å². The van der Waals surface area contributed by atoms with Crippen molar-refractivity contribution in [3.05, 3.63) is 65.6 Å². The molecule has 0 radical (unpaired) electrons. The van der Waals surface area contributed by atoms with Gasteiger partial charge in [0.2, 0.25) is 5.91 Å². The third-order valence-electron chi connectivity index (χ3n) is 3.89. The van der Waals surface area contributed by atoms with Gasteiger partial charge in [-0.15, -0.1) is 0 Å². The number of hydrogen-bond donors (Lipinski definition) is 1. The lowest BCUT2D eigenvalue weighted by molar-refractivity contribution is 0.0600. The molecule has 0 spiro atoms. The van der Waals surface area contributed by atoms with Crippen LogP contribution in [-0.4, -0.2) is 29.5 Å². The number of esters is 1. The summed E-state index contributed by atoms with van der Waals surface area (Å²) in [5.74, 6) is -1.85. The molecule has 0 saturated heterocycles. The Morgan fingerprint density at radius 2 is 1.88 bits per heavy atom. The van der Waals surface area contributed by atoms with Crippen LogP contribution in [0.25, 0.3) is 10.9 Å². The van der Waals surface area contributed by atoms with Gasteiger partial charge in [0.25, 0.3) is 5.91 Å². The zero-order valence-corrected chi connectivity index (χ0v) is 14.1. The van der Waals surface area contributed by atoms with Gasteiger partial charge >= 0.3 is 5.97 Å². The summed E-state index contributed by atoms with van der Waals surface area (Å²) in [6.45, 7) is 1.33. The molecule has 1 amide bonds. The summed E-state index contributed by atoms with van der Waals surface area (Å²) < 4.78 is 19.4. The number of halogens is 1. The molecule has 0 saturated carbocycles. The number of nitrogens with zero attached hydrogens (tertiary/aromatic N) is 1. The van der Waals surface area contributed by atoms with E-state index in [1.807, 2.05) is 0 Å². The van der Waals surface area contributed by atoms with E-state index < -0.39 is 17.7 Å². The number of carbonyl (C=O) groups is 3. The van der Waals surface area contributed by atoms with E-state index in [2.05, 4.69) is 10.1 Å². The van der Waals surface area contributed by atoms with E-state index in [1.54, 1.807) is 18.2 Å². The number of aromatic nitrogens is 1. The standard InChI is InChI=1S/C19H15FN2O4/c1-11(23)22-10-16(15-7-6-13(20)9-17(15)22)18(24)21-14-5-3-4-12(8-14)19(25)26-2/h3-10H,1-2H3,(H,21,24). The Bertz CT molecular complexity index is 1040. The van der Waals surface area contributed by atoms with Gasteiger partial charge in [-0.1, -0.05) is 6.07 Å². The van der Waals surface area contributed by atoms with E-state index in [9.17, 15) is 18.8 Å². The Kier molecular flexibility index (Phi) is 4.53. The maximum atomic E-state index is 13.5. The fourth-order valence-corrected chi connectivity index (χ4v) is 2.68. The maximum Gasteiger partial charge on any atom is 0.337 e. The normalized spacial score (nSPS) is 10.6. The monoisotopic (exact) mass is 354 g/mol. The number of methoxy groups -OCH3 is 1. The lowest BCUT2D eigenvalue weighted by atomic mass is 10.1. The highest BCUT2D eigenvalue weighted by Gasteiger charge is 2.18. The van der Waals surface area contributed by atoms with Crippen LogP contribution in [0.2, 0.25) is 0 Å². The Hall–Kier alpha value is -3.48. The van der Waals surface area contributed by atoms with Crippen molar-refractivity contribution < 1.29 is 23.5 Å². The first-order chi connectivity index (χ1) is 12.4. The molecule has 0 fully saturated rings. The van der Waals surface area contributed by atoms with E-state index in [1.165, 1.54) is 49.1 Å². The highest BCUT2D eigenvalue weighted by Crippen LogP contribution is 2.24. The first-order valence-corrected chi connectivity index (χ1v) is 7.72. The molecule has 0 aliphatic heterocycles. The van der Waals surface area contributed by atoms with Crippen molar-refractivity contribution in [1.82, 2.24) is 4.57 Å². The van der Waals surface area contributed by atoms with Crippen molar-refractivity contribution in [2.45, 2.75) is 6.92 Å². The number of amides is 1. The van der Waals surface area contributed by atoms with Gasteiger partial charge in [-0.2, -0.15) is 0 Å². The highest BCUT2D eigenvalue weighted by atomic mass is 19.1. The fraction of sp³-hybridized carbons (Fsp3) is 0.105. The molecule has 2 aromatic carbocycles. The number of rotatable bonds is 3. The quantitative estimate of drug-likeness (QED) is 0.731. The van der Waals surface area contributed by atoms with Crippen molar-refractivity contribution in [1.29, 1.82) is 0 Å². The van der Waals surface area contributed by atoms with Gasteiger partial charge in [-0.25, -0.2) is 9.18 Å². The van der Waals surface area contributed by atoms with E-state index in [4.69, 9.17) is 0 Å². The molecule has 0 bridgehead atoms. The number of anilines is 1. The summed E-state index contributed by atoms with van der Waals surface area (Å²) in [5.41, 5.74) is 1.21. The van der Waals surface area contributed by atoms with Crippen LogP contribution in [0.4, 0.5) is 10.1 Å². The molecule has 1 N–H and O–H groups in total. The predicted octanol–water partition coefficient (Wildman–Crippen LogP) is 3.48. The predicted molar refractivity (Wildman–Crippen MR) is 93.9 cm³/mol. The van der Waals surface area contributed by atoms with Crippen LogP contribution in [0.1, 0.15) is 32.4 Å². The van der Waals surface area contributed by atoms with Crippen LogP contribution in [0.15, 0.2) is 48.7 Å². The Labute approximate surface area is 148 Å². The number of ether oxygens (including phenoxy) is 1. The van der Waals surface area contributed by atoms with Crippen LogP contribution in [-0.2, 0) is 4.74 Å². The summed E-state index contributed by atoms with van der Waals surface area (Å²) in [6.07, 6.45) is 1.37. The third-order valence-corrected chi connectivity index (χ3v) is 3.89. The van der Waals surface area contributed by atoms with Crippen molar-refractivity contribution in [2.75, 3.05) is 12.4 Å². The molecule has 6 nitrogen and oxygen atoms in total. The highest BCUT2D eigenvalue weighted by molar-refractivity contribution is 6.14. The van der Waals surface area contributed by atoms with Gasteiger partial charge in [0.05, 0.1) is 23.8 Å². The van der Waals surface area contributed by atoms with E-state index in [0.29, 0.717) is 22.2 Å². The molecule has 0 unspecified atom stereocenters. The fourth-order valence-electron chi connectivity index (χ4n) is 2.68. The van der Waals surface area contributed by atoms with Gasteiger partial charge < -0.3 is 10.1 Å². The SMILES string of the molecule is COC(=O)c1cccc(NC(=O)c2cn(C(C)=O)c3cc(F)ccc23)c1. The van der Waals surface area contributed by atoms with E-state index in [-0.39, 0.29) is 11.5 Å². The summed E-state index contributed by atoms with van der Waals surface area (Å²) in [5, 5.41) is 3.12.